The Morgan fingerprint density at radius 1 is 0.909 bits per heavy atom. The highest BCUT2D eigenvalue weighted by Gasteiger charge is 2.39. The number of rotatable bonds is 0. The van der Waals surface area contributed by atoms with Gasteiger partial charge in [-0.25, -0.2) is 0 Å². The van der Waals surface area contributed by atoms with Crippen molar-refractivity contribution < 1.29 is 0 Å². The van der Waals surface area contributed by atoms with Gasteiger partial charge in [0.05, 0.1) is 0 Å². The van der Waals surface area contributed by atoms with Crippen molar-refractivity contribution in [1.82, 2.24) is 0 Å². The van der Waals surface area contributed by atoms with Crippen LogP contribution < -0.4 is 11.5 Å². The molecule has 0 spiro atoms. The Morgan fingerprint density at radius 2 is 1.27 bits per heavy atom. The second kappa shape index (κ2) is 3.76. The van der Waals surface area contributed by atoms with E-state index in [-0.39, 0.29) is 36.9 Å². The third kappa shape index (κ3) is 1.54. The summed E-state index contributed by atoms with van der Waals surface area (Å²) in [6, 6.07) is 0.472. The van der Waals surface area contributed by atoms with Crippen LogP contribution >= 0.6 is 24.8 Å². The summed E-state index contributed by atoms with van der Waals surface area (Å²) in [4.78, 5) is 0. The van der Waals surface area contributed by atoms with Gasteiger partial charge in [0, 0.05) is 12.1 Å². The molecule has 0 aliphatic heterocycles. The molecule has 66 valence electrons. The van der Waals surface area contributed by atoms with Crippen molar-refractivity contribution in [2.45, 2.75) is 18.5 Å². The lowest BCUT2D eigenvalue weighted by atomic mass is 9.98. The molecule has 4 heteroatoms. The van der Waals surface area contributed by atoms with Crippen molar-refractivity contribution in [3.8, 4) is 0 Å². The van der Waals surface area contributed by atoms with E-state index < -0.39 is 0 Å². The highest BCUT2D eigenvalue weighted by atomic mass is 35.5. The van der Waals surface area contributed by atoms with E-state index >= 15 is 0 Å². The van der Waals surface area contributed by atoms with Crippen molar-refractivity contribution in [2.75, 3.05) is 0 Å². The zero-order chi connectivity index (χ0) is 6.43. The molecule has 0 amide bonds. The second-order valence-electron chi connectivity index (χ2n) is 3.10. The predicted molar refractivity (Wildman–Crippen MR) is 51.2 cm³/mol. The van der Waals surface area contributed by atoms with E-state index in [1.807, 2.05) is 0 Å². The molecule has 2 aliphatic carbocycles. The van der Waals surface area contributed by atoms with Crippen molar-refractivity contribution in [1.29, 1.82) is 0 Å². The minimum atomic E-state index is 0. The number of halogens is 2. The SMILES string of the molecule is Cl.Cl.N[C@@H]1C2C=CC(C2)[C@H]1N. The third-order valence-electron chi connectivity index (χ3n) is 2.58. The standard InChI is InChI=1S/C7H12N2.2ClH/c8-6-4-1-2-5(3-4)7(6)9;;/h1-2,4-7H,3,8-9H2;2*1H/t4?,5?,6-,7-;;/m1../s1. The predicted octanol–water partition coefficient (Wildman–Crippen LogP) is 0.691. The van der Waals surface area contributed by atoms with E-state index in [0.717, 1.165) is 0 Å². The van der Waals surface area contributed by atoms with Crippen LogP contribution in [0.2, 0.25) is 0 Å². The molecule has 0 heterocycles. The summed E-state index contributed by atoms with van der Waals surface area (Å²) in [5.74, 6) is 1.18. The van der Waals surface area contributed by atoms with E-state index in [1.54, 1.807) is 0 Å². The molecule has 0 saturated heterocycles. The van der Waals surface area contributed by atoms with Crippen molar-refractivity contribution in [3.63, 3.8) is 0 Å². The molecule has 0 aromatic heterocycles. The minimum Gasteiger partial charge on any atom is -0.326 e. The Kier molecular flexibility index (Phi) is 3.85. The Balaban J connectivity index is 0.000000500. The first-order chi connectivity index (χ1) is 4.29. The molecular weight excluding hydrogens is 183 g/mol. The number of fused-ring (bicyclic) bond motifs is 2. The van der Waals surface area contributed by atoms with Gasteiger partial charge in [0.25, 0.3) is 0 Å². The van der Waals surface area contributed by atoms with Gasteiger partial charge in [0.2, 0.25) is 0 Å². The van der Waals surface area contributed by atoms with Crippen LogP contribution in [0.1, 0.15) is 6.42 Å². The average molecular weight is 197 g/mol. The molecule has 11 heavy (non-hydrogen) atoms. The van der Waals surface area contributed by atoms with Crippen LogP contribution in [0.5, 0.6) is 0 Å². The highest BCUT2D eigenvalue weighted by Crippen LogP contribution is 2.36. The molecule has 2 bridgehead atoms. The molecule has 1 saturated carbocycles. The maximum Gasteiger partial charge on any atom is 0.0262 e. The van der Waals surface area contributed by atoms with E-state index in [4.69, 9.17) is 11.5 Å². The van der Waals surface area contributed by atoms with Gasteiger partial charge < -0.3 is 11.5 Å². The molecular formula is C7H14Cl2N2. The van der Waals surface area contributed by atoms with Gasteiger partial charge in [0.15, 0.2) is 0 Å². The van der Waals surface area contributed by atoms with Crippen molar-refractivity contribution in [2.24, 2.45) is 23.3 Å². The molecule has 4 atom stereocenters. The zero-order valence-corrected chi connectivity index (χ0v) is 7.78. The second-order valence-corrected chi connectivity index (χ2v) is 3.10. The fourth-order valence-electron chi connectivity index (χ4n) is 1.90. The summed E-state index contributed by atoms with van der Waals surface area (Å²) >= 11 is 0. The van der Waals surface area contributed by atoms with Crippen LogP contribution in [0.4, 0.5) is 0 Å². The summed E-state index contributed by atoms with van der Waals surface area (Å²) in [6.45, 7) is 0. The molecule has 0 radical (unpaired) electrons. The van der Waals surface area contributed by atoms with E-state index in [1.165, 1.54) is 6.42 Å². The Morgan fingerprint density at radius 3 is 1.45 bits per heavy atom. The minimum absolute atomic E-state index is 0. The Labute approximate surface area is 79.2 Å². The molecule has 0 aromatic rings. The largest absolute Gasteiger partial charge is 0.326 e. The van der Waals surface area contributed by atoms with Gasteiger partial charge in [-0.3, -0.25) is 0 Å². The molecule has 2 rings (SSSR count). The van der Waals surface area contributed by atoms with Gasteiger partial charge in [-0.2, -0.15) is 0 Å². The van der Waals surface area contributed by atoms with Crippen molar-refractivity contribution in [3.05, 3.63) is 12.2 Å². The Bertz CT molecular complexity index is 145. The Hall–Kier alpha value is 0.240. The van der Waals surface area contributed by atoms with Gasteiger partial charge in [-0.05, 0) is 18.3 Å². The summed E-state index contributed by atoms with van der Waals surface area (Å²) in [7, 11) is 0. The molecule has 0 aromatic carbocycles. The number of nitrogens with two attached hydrogens (primary N) is 2. The average Bonchev–Trinajstić information content (AvgIpc) is 2.37. The lowest BCUT2D eigenvalue weighted by Crippen LogP contribution is -2.43. The zero-order valence-electron chi connectivity index (χ0n) is 6.14. The summed E-state index contributed by atoms with van der Waals surface area (Å²) in [5, 5.41) is 0. The first kappa shape index (κ1) is 11.2. The quantitative estimate of drug-likeness (QED) is 0.561. The van der Waals surface area contributed by atoms with Crippen LogP contribution in [0.25, 0.3) is 0 Å². The van der Waals surface area contributed by atoms with E-state index in [9.17, 15) is 0 Å². The van der Waals surface area contributed by atoms with Crippen LogP contribution in [0.15, 0.2) is 12.2 Å². The molecule has 1 fully saturated rings. The number of hydrogen-bond acceptors (Lipinski definition) is 2. The first-order valence-electron chi connectivity index (χ1n) is 3.48. The van der Waals surface area contributed by atoms with Gasteiger partial charge >= 0.3 is 0 Å². The van der Waals surface area contributed by atoms with Gasteiger partial charge in [-0.1, -0.05) is 12.2 Å². The van der Waals surface area contributed by atoms with Crippen LogP contribution in [-0.2, 0) is 0 Å². The maximum atomic E-state index is 5.79. The highest BCUT2D eigenvalue weighted by molar-refractivity contribution is 5.85. The van der Waals surface area contributed by atoms with Gasteiger partial charge in [0.1, 0.15) is 0 Å². The van der Waals surface area contributed by atoms with Crippen LogP contribution in [0, 0.1) is 11.8 Å². The van der Waals surface area contributed by atoms with E-state index in [2.05, 4.69) is 12.2 Å². The van der Waals surface area contributed by atoms with Crippen LogP contribution in [0.3, 0.4) is 0 Å². The molecule has 2 unspecified atom stereocenters. The molecule has 2 nitrogen and oxygen atoms in total. The number of hydrogen-bond donors (Lipinski definition) is 2. The fraction of sp³-hybridized carbons (Fsp3) is 0.714. The van der Waals surface area contributed by atoms with Crippen molar-refractivity contribution >= 4 is 24.8 Å². The van der Waals surface area contributed by atoms with Gasteiger partial charge in [-0.15, -0.1) is 24.8 Å². The molecule has 4 N–H and O–H groups in total. The smallest absolute Gasteiger partial charge is 0.0262 e. The topological polar surface area (TPSA) is 52.0 Å². The van der Waals surface area contributed by atoms with Crippen LogP contribution in [-0.4, -0.2) is 12.1 Å². The maximum absolute atomic E-state index is 5.79. The summed E-state index contributed by atoms with van der Waals surface area (Å²) in [5.41, 5.74) is 11.6. The first-order valence-corrected chi connectivity index (χ1v) is 3.48. The fourth-order valence-corrected chi connectivity index (χ4v) is 1.90. The third-order valence-corrected chi connectivity index (χ3v) is 2.58. The molecule has 2 aliphatic rings. The normalized spacial score (nSPS) is 44.9. The monoisotopic (exact) mass is 196 g/mol. The lowest BCUT2D eigenvalue weighted by Gasteiger charge is -2.19. The van der Waals surface area contributed by atoms with E-state index in [0.29, 0.717) is 11.8 Å². The summed E-state index contributed by atoms with van der Waals surface area (Å²) < 4.78 is 0. The summed E-state index contributed by atoms with van der Waals surface area (Å²) in [6.07, 6.45) is 5.61. The lowest BCUT2D eigenvalue weighted by molar-refractivity contribution is 0.499.